The van der Waals surface area contributed by atoms with Gasteiger partial charge in [-0.05, 0) is 38.7 Å². The van der Waals surface area contributed by atoms with Gasteiger partial charge in [-0.3, -0.25) is 4.79 Å². The Morgan fingerprint density at radius 1 is 1.16 bits per heavy atom. The molecule has 0 radical (unpaired) electrons. The van der Waals surface area contributed by atoms with E-state index < -0.39 is 6.10 Å². The number of ketones is 1. The van der Waals surface area contributed by atoms with Crippen LogP contribution in [0.25, 0.3) is 0 Å². The van der Waals surface area contributed by atoms with Gasteiger partial charge in [-0.25, -0.2) is 4.79 Å². The van der Waals surface area contributed by atoms with Gasteiger partial charge < -0.3 is 19.3 Å². The number of unbranched alkanes of at least 4 members (excludes halogenated alkanes) is 6. The SMILES string of the molecule is C=CCOc1cc(OC)c2c(c1)C(CCCCCCCCCC(=O)CCC(C)O)OC2=O. The largest absolute Gasteiger partial charge is 0.496 e. The fraction of sp³-hybridized carbons (Fsp3) is 0.615. The molecule has 2 atom stereocenters. The summed E-state index contributed by atoms with van der Waals surface area (Å²) in [6, 6.07) is 3.59. The molecule has 0 aliphatic carbocycles. The second-order valence-electron chi connectivity index (χ2n) is 8.52. The first kappa shape index (κ1) is 25.9. The summed E-state index contributed by atoms with van der Waals surface area (Å²) in [6.45, 7) is 5.77. The van der Waals surface area contributed by atoms with E-state index in [1.54, 1.807) is 26.2 Å². The van der Waals surface area contributed by atoms with Crippen molar-refractivity contribution >= 4 is 11.8 Å². The molecular formula is C26H38O6. The average Bonchev–Trinajstić information content (AvgIpc) is 3.09. The van der Waals surface area contributed by atoms with Crippen molar-refractivity contribution in [2.24, 2.45) is 0 Å². The number of hydrogen-bond acceptors (Lipinski definition) is 6. The van der Waals surface area contributed by atoms with Crippen LogP contribution >= 0.6 is 0 Å². The Labute approximate surface area is 191 Å². The Bertz CT molecular complexity index is 755. The van der Waals surface area contributed by atoms with E-state index in [9.17, 15) is 14.7 Å². The highest BCUT2D eigenvalue weighted by molar-refractivity contribution is 5.97. The van der Waals surface area contributed by atoms with Crippen LogP contribution in [0.1, 0.15) is 99.6 Å². The zero-order valence-electron chi connectivity index (χ0n) is 19.6. The molecule has 0 saturated carbocycles. The van der Waals surface area contributed by atoms with E-state index in [2.05, 4.69) is 6.58 Å². The van der Waals surface area contributed by atoms with Gasteiger partial charge in [-0.2, -0.15) is 0 Å². The van der Waals surface area contributed by atoms with Crippen LogP contribution in [0.4, 0.5) is 0 Å². The highest BCUT2D eigenvalue weighted by Gasteiger charge is 2.34. The van der Waals surface area contributed by atoms with Gasteiger partial charge in [-0.15, -0.1) is 0 Å². The monoisotopic (exact) mass is 446 g/mol. The Hall–Kier alpha value is -2.34. The minimum absolute atomic E-state index is 0.256. The van der Waals surface area contributed by atoms with E-state index in [0.717, 1.165) is 56.9 Å². The lowest BCUT2D eigenvalue weighted by atomic mass is 9.98. The topological polar surface area (TPSA) is 82.1 Å². The molecule has 0 fully saturated rings. The zero-order chi connectivity index (χ0) is 23.3. The van der Waals surface area contributed by atoms with Gasteiger partial charge in [0.15, 0.2) is 0 Å². The predicted octanol–water partition coefficient (Wildman–Crippen LogP) is 5.71. The van der Waals surface area contributed by atoms with Crippen LogP contribution in [0.2, 0.25) is 0 Å². The lowest BCUT2D eigenvalue weighted by Gasteiger charge is -2.13. The molecule has 2 rings (SSSR count). The van der Waals surface area contributed by atoms with E-state index in [1.165, 1.54) is 0 Å². The number of esters is 1. The fourth-order valence-electron chi connectivity index (χ4n) is 3.98. The number of aliphatic hydroxyl groups excluding tert-OH is 1. The highest BCUT2D eigenvalue weighted by Crippen LogP contribution is 2.41. The molecule has 6 heteroatoms. The van der Waals surface area contributed by atoms with E-state index in [1.807, 2.05) is 6.07 Å². The van der Waals surface area contributed by atoms with E-state index in [0.29, 0.717) is 42.9 Å². The van der Waals surface area contributed by atoms with Crippen LogP contribution < -0.4 is 9.47 Å². The number of hydrogen-bond donors (Lipinski definition) is 1. The average molecular weight is 447 g/mol. The molecule has 1 N–H and O–H groups in total. The van der Waals surface area contributed by atoms with Gasteiger partial charge in [0, 0.05) is 24.5 Å². The van der Waals surface area contributed by atoms with Crippen LogP contribution in [0, 0.1) is 0 Å². The first-order valence-corrected chi connectivity index (χ1v) is 11.8. The number of fused-ring (bicyclic) bond motifs is 1. The Balaban J connectivity index is 1.67. The van der Waals surface area contributed by atoms with Crippen molar-refractivity contribution in [3.05, 3.63) is 35.9 Å². The molecule has 0 aromatic heterocycles. The van der Waals surface area contributed by atoms with Crippen molar-refractivity contribution in [1.82, 2.24) is 0 Å². The molecule has 6 nitrogen and oxygen atoms in total. The standard InChI is InChI=1S/C26H38O6/c1-4-16-31-21-17-22-23(32-26(29)25(22)24(18-21)30-3)13-11-9-7-5-6-8-10-12-20(28)15-14-19(2)27/h4,17-19,23,27H,1,5-16H2,2-3H3. The number of carbonyl (C=O) groups is 2. The second kappa shape index (κ2) is 13.9. The maximum Gasteiger partial charge on any atom is 0.342 e. The van der Waals surface area contributed by atoms with Crippen LogP contribution in [0.5, 0.6) is 11.5 Å². The number of rotatable bonds is 17. The number of methoxy groups -OCH3 is 1. The highest BCUT2D eigenvalue weighted by atomic mass is 16.6. The molecule has 0 amide bonds. The van der Waals surface area contributed by atoms with Crippen LogP contribution in [0.3, 0.4) is 0 Å². The number of carbonyl (C=O) groups excluding carboxylic acids is 2. The number of aliphatic hydroxyl groups is 1. The van der Waals surface area contributed by atoms with E-state index >= 15 is 0 Å². The third-order valence-corrected chi connectivity index (χ3v) is 5.76. The van der Waals surface area contributed by atoms with Gasteiger partial charge in [0.25, 0.3) is 0 Å². The summed E-state index contributed by atoms with van der Waals surface area (Å²) in [5.74, 6) is 1.05. The van der Waals surface area contributed by atoms with Crippen LogP contribution in [0.15, 0.2) is 24.8 Å². The quantitative estimate of drug-likeness (QED) is 0.187. The molecule has 32 heavy (non-hydrogen) atoms. The van der Waals surface area contributed by atoms with Crippen molar-refractivity contribution in [3.63, 3.8) is 0 Å². The maximum atomic E-state index is 12.3. The molecule has 1 aromatic rings. The number of ether oxygens (including phenoxy) is 3. The van der Waals surface area contributed by atoms with Crippen LogP contribution in [-0.4, -0.2) is 36.7 Å². The number of cyclic esters (lactones) is 1. The van der Waals surface area contributed by atoms with Gasteiger partial charge in [0.2, 0.25) is 0 Å². The summed E-state index contributed by atoms with van der Waals surface area (Å²) in [4.78, 5) is 24.0. The van der Waals surface area contributed by atoms with Crippen molar-refractivity contribution in [3.8, 4) is 11.5 Å². The van der Waals surface area contributed by atoms with Crippen LogP contribution in [-0.2, 0) is 9.53 Å². The summed E-state index contributed by atoms with van der Waals surface area (Å²) in [6.07, 6.45) is 11.0. The predicted molar refractivity (Wildman–Crippen MR) is 124 cm³/mol. The Morgan fingerprint density at radius 3 is 2.50 bits per heavy atom. The smallest absolute Gasteiger partial charge is 0.342 e. The van der Waals surface area contributed by atoms with Gasteiger partial charge in [0.05, 0.1) is 13.2 Å². The minimum atomic E-state index is -0.394. The summed E-state index contributed by atoms with van der Waals surface area (Å²) in [7, 11) is 1.54. The first-order chi connectivity index (χ1) is 15.5. The van der Waals surface area contributed by atoms with E-state index in [-0.39, 0.29) is 17.9 Å². The third kappa shape index (κ3) is 8.30. The number of Topliss-reactive ketones (excluding diaryl/α,β-unsaturated/α-hetero) is 1. The Morgan fingerprint density at radius 2 is 1.84 bits per heavy atom. The molecule has 1 heterocycles. The van der Waals surface area contributed by atoms with Crippen molar-refractivity contribution in [2.75, 3.05) is 13.7 Å². The van der Waals surface area contributed by atoms with Gasteiger partial charge in [-0.1, -0.05) is 44.8 Å². The molecule has 1 aliphatic rings. The fourth-order valence-corrected chi connectivity index (χ4v) is 3.98. The summed E-state index contributed by atoms with van der Waals surface area (Å²) in [5.41, 5.74) is 1.35. The van der Waals surface area contributed by atoms with Gasteiger partial charge in [0.1, 0.15) is 35.6 Å². The first-order valence-electron chi connectivity index (χ1n) is 11.8. The number of benzene rings is 1. The van der Waals surface area contributed by atoms with E-state index in [4.69, 9.17) is 14.2 Å². The molecule has 1 aromatic carbocycles. The molecule has 2 unspecified atom stereocenters. The Kier molecular flexibility index (Phi) is 11.3. The zero-order valence-corrected chi connectivity index (χ0v) is 19.6. The minimum Gasteiger partial charge on any atom is -0.496 e. The molecule has 0 bridgehead atoms. The third-order valence-electron chi connectivity index (χ3n) is 5.76. The summed E-state index contributed by atoms with van der Waals surface area (Å²) >= 11 is 0. The normalized spacial score (nSPS) is 15.7. The van der Waals surface area contributed by atoms with Crippen molar-refractivity contribution in [2.45, 2.75) is 89.8 Å². The summed E-state index contributed by atoms with van der Waals surface area (Å²) < 4.78 is 16.6. The summed E-state index contributed by atoms with van der Waals surface area (Å²) in [5, 5.41) is 9.22. The van der Waals surface area contributed by atoms with Crippen molar-refractivity contribution < 1.29 is 28.9 Å². The molecular weight excluding hydrogens is 408 g/mol. The lowest BCUT2D eigenvalue weighted by Crippen LogP contribution is -2.05. The molecule has 1 aliphatic heterocycles. The second-order valence-corrected chi connectivity index (χ2v) is 8.52. The molecule has 0 saturated heterocycles. The van der Waals surface area contributed by atoms with Gasteiger partial charge >= 0.3 is 5.97 Å². The molecule has 0 spiro atoms. The van der Waals surface area contributed by atoms with Crippen molar-refractivity contribution in [1.29, 1.82) is 0 Å². The molecule has 178 valence electrons. The lowest BCUT2D eigenvalue weighted by molar-refractivity contribution is -0.119. The maximum absolute atomic E-state index is 12.3.